The van der Waals surface area contributed by atoms with Gasteiger partial charge in [-0.3, -0.25) is 0 Å². The fourth-order valence-corrected chi connectivity index (χ4v) is 1.80. The summed E-state index contributed by atoms with van der Waals surface area (Å²) < 4.78 is 8.14. The Hall–Kier alpha value is -0.750. The van der Waals surface area contributed by atoms with Crippen LogP contribution in [0.1, 0.15) is 0 Å². The zero-order chi connectivity index (χ0) is 7.68. The Morgan fingerprint density at radius 2 is 2.36 bits per heavy atom. The topological polar surface area (TPSA) is 51.6 Å². The SMILES string of the molecule is CSc1nncc2nsnc12. The molecule has 0 spiro atoms. The largest absolute Gasteiger partial charge is 0.171 e. The van der Waals surface area contributed by atoms with Crippen LogP contribution in [0.4, 0.5) is 0 Å². The predicted octanol–water partition coefficient (Wildman–Crippen LogP) is 1.20. The van der Waals surface area contributed by atoms with Crippen LogP contribution in [-0.4, -0.2) is 25.2 Å². The summed E-state index contributed by atoms with van der Waals surface area (Å²) in [5.74, 6) is 0. The minimum atomic E-state index is 0.828. The highest BCUT2D eigenvalue weighted by Gasteiger charge is 2.04. The normalized spacial score (nSPS) is 10.6. The molecule has 0 aliphatic rings. The number of nitrogens with zero attached hydrogens (tertiary/aromatic N) is 4. The molecule has 0 unspecified atom stereocenters. The number of aromatic nitrogens is 4. The fraction of sp³-hybridized carbons (Fsp3) is 0.200. The summed E-state index contributed by atoms with van der Waals surface area (Å²) in [6.45, 7) is 0. The van der Waals surface area contributed by atoms with E-state index < -0.39 is 0 Å². The first-order valence-electron chi connectivity index (χ1n) is 2.90. The van der Waals surface area contributed by atoms with E-state index in [1.807, 2.05) is 6.26 Å². The lowest BCUT2D eigenvalue weighted by Gasteiger charge is -1.90. The van der Waals surface area contributed by atoms with E-state index in [1.54, 1.807) is 6.20 Å². The summed E-state index contributed by atoms with van der Waals surface area (Å²) in [6.07, 6.45) is 3.57. The minimum Gasteiger partial charge on any atom is -0.171 e. The van der Waals surface area contributed by atoms with Crippen molar-refractivity contribution in [1.82, 2.24) is 18.9 Å². The third-order valence-corrected chi connectivity index (χ3v) is 2.44. The highest BCUT2D eigenvalue weighted by molar-refractivity contribution is 7.98. The molecule has 0 saturated carbocycles. The molecule has 56 valence electrons. The standard InChI is InChI=1S/C5H4N4S2/c1-10-5-4-3(2-6-7-5)8-11-9-4/h2H,1H3. The van der Waals surface area contributed by atoms with Crippen molar-refractivity contribution in [3.63, 3.8) is 0 Å². The molecule has 0 aromatic carbocycles. The van der Waals surface area contributed by atoms with Crippen LogP contribution in [0.3, 0.4) is 0 Å². The Kier molecular flexibility index (Phi) is 1.71. The van der Waals surface area contributed by atoms with Crippen LogP contribution in [0, 0.1) is 0 Å². The maximum atomic E-state index is 4.10. The lowest BCUT2D eigenvalue weighted by molar-refractivity contribution is 0.951. The predicted molar refractivity (Wildman–Crippen MR) is 44.8 cm³/mol. The Labute approximate surface area is 71.4 Å². The summed E-state index contributed by atoms with van der Waals surface area (Å²) in [5, 5.41) is 8.55. The van der Waals surface area contributed by atoms with Crippen LogP contribution in [0.15, 0.2) is 11.2 Å². The number of thioether (sulfide) groups is 1. The van der Waals surface area contributed by atoms with E-state index in [0.29, 0.717) is 0 Å². The first kappa shape index (κ1) is 6.93. The lowest BCUT2D eigenvalue weighted by Crippen LogP contribution is -1.84. The summed E-state index contributed by atoms with van der Waals surface area (Å²) in [6, 6.07) is 0. The molecular weight excluding hydrogens is 180 g/mol. The molecule has 0 fully saturated rings. The number of fused-ring (bicyclic) bond motifs is 1. The molecule has 0 aliphatic heterocycles. The van der Waals surface area contributed by atoms with E-state index in [0.717, 1.165) is 16.1 Å². The Bertz CT molecular complexity index is 371. The van der Waals surface area contributed by atoms with Crippen LogP contribution in [0.2, 0.25) is 0 Å². The molecule has 0 bridgehead atoms. The number of hydrogen-bond donors (Lipinski definition) is 0. The highest BCUT2D eigenvalue weighted by atomic mass is 32.2. The quantitative estimate of drug-likeness (QED) is 0.623. The molecule has 4 nitrogen and oxygen atoms in total. The Balaban J connectivity index is 2.79. The van der Waals surface area contributed by atoms with Crippen molar-refractivity contribution in [3.8, 4) is 0 Å². The average molecular weight is 184 g/mol. The second-order valence-electron chi connectivity index (χ2n) is 1.85. The molecule has 2 aromatic rings. The van der Waals surface area contributed by atoms with Crippen LogP contribution < -0.4 is 0 Å². The van der Waals surface area contributed by atoms with Gasteiger partial charge in [-0.2, -0.15) is 13.8 Å². The Morgan fingerprint density at radius 1 is 1.45 bits per heavy atom. The molecule has 2 aromatic heterocycles. The summed E-state index contributed by atoms with van der Waals surface area (Å²) in [5.41, 5.74) is 1.69. The van der Waals surface area contributed by atoms with Gasteiger partial charge in [-0.1, -0.05) is 0 Å². The molecule has 2 heterocycles. The molecule has 0 atom stereocenters. The molecular formula is C5H4N4S2. The molecule has 0 saturated heterocycles. The van der Waals surface area contributed by atoms with Crippen molar-refractivity contribution in [2.24, 2.45) is 0 Å². The van der Waals surface area contributed by atoms with Gasteiger partial charge in [0, 0.05) is 0 Å². The van der Waals surface area contributed by atoms with Gasteiger partial charge in [0.25, 0.3) is 0 Å². The van der Waals surface area contributed by atoms with E-state index in [2.05, 4.69) is 18.9 Å². The maximum Gasteiger partial charge on any atom is 0.148 e. The van der Waals surface area contributed by atoms with Crippen LogP contribution >= 0.6 is 23.5 Å². The Morgan fingerprint density at radius 3 is 3.18 bits per heavy atom. The summed E-state index contributed by atoms with van der Waals surface area (Å²) in [7, 11) is 0. The van der Waals surface area contributed by atoms with E-state index in [-0.39, 0.29) is 0 Å². The summed E-state index contributed by atoms with van der Waals surface area (Å²) >= 11 is 2.72. The van der Waals surface area contributed by atoms with Gasteiger partial charge >= 0.3 is 0 Å². The first-order chi connectivity index (χ1) is 5.42. The summed E-state index contributed by atoms with van der Waals surface area (Å²) in [4.78, 5) is 0. The van der Waals surface area contributed by atoms with Crippen LogP contribution in [-0.2, 0) is 0 Å². The highest BCUT2D eigenvalue weighted by Crippen LogP contribution is 2.20. The monoisotopic (exact) mass is 184 g/mol. The lowest BCUT2D eigenvalue weighted by atomic mass is 10.5. The van der Waals surface area contributed by atoms with Crippen LogP contribution in [0.5, 0.6) is 0 Å². The smallest absolute Gasteiger partial charge is 0.148 e. The van der Waals surface area contributed by atoms with Crippen LogP contribution in [0.25, 0.3) is 11.0 Å². The maximum absolute atomic E-state index is 4.10. The van der Waals surface area contributed by atoms with Crippen molar-refractivity contribution < 1.29 is 0 Å². The third-order valence-electron chi connectivity index (χ3n) is 1.24. The van der Waals surface area contributed by atoms with Gasteiger partial charge in [-0.05, 0) is 6.26 Å². The van der Waals surface area contributed by atoms with Gasteiger partial charge in [0.05, 0.1) is 17.9 Å². The molecule has 0 aliphatic carbocycles. The van der Waals surface area contributed by atoms with Gasteiger partial charge in [-0.25, -0.2) is 0 Å². The molecule has 6 heteroatoms. The van der Waals surface area contributed by atoms with Crippen molar-refractivity contribution in [2.45, 2.75) is 5.03 Å². The van der Waals surface area contributed by atoms with Gasteiger partial charge in [0.15, 0.2) is 0 Å². The molecule has 0 N–H and O–H groups in total. The average Bonchev–Trinajstić information content (AvgIpc) is 2.50. The molecule has 0 amide bonds. The molecule has 2 rings (SSSR count). The van der Waals surface area contributed by atoms with E-state index >= 15 is 0 Å². The zero-order valence-electron chi connectivity index (χ0n) is 5.68. The van der Waals surface area contributed by atoms with Crippen molar-refractivity contribution in [2.75, 3.05) is 6.26 Å². The van der Waals surface area contributed by atoms with E-state index in [4.69, 9.17) is 0 Å². The van der Waals surface area contributed by atoms with Gasteiger partial charge in [-0.15, -0.1) is 16.9 Å². The minimum absolute atomic E-state index is 0.828. The second kappa shape index (κ2) is 2.71. The van der Waals surface area contributed by atoms with Gasteiger partial charge in [0.1, 0.15) is 16.1 Å². The number of rotatable bonds is 1. The molecule has 11 heavy (non-hydrogen) atoms. The van der Waals surface area contributed by atoms with Crippen molar-refractivity contribution in [1.29, 1.82) is 0 Å². The zero-order valence-corrected chi connectivity index (χ0v) is 7.32. The first-order valence-corrected chi connectivity index (χ1v) is 4.85. The van der Waals surface area contributed by atoms with Gasteiger partial charge < -0.3 is 0 Å². The molecule has 0 radical (unpaired) electrons. The van der Waals surface area contributed by atoms with Crippen molar-refractivity contribution in [3.05, 3.63) is 6.20 Å². The second-order valence-corrected chi connectivity index (χ2v) is 3.18. The number of hydrogen-bond acceptors (Lipinski definition) is 6. The third kappa shape index (κ3) is 1.08. The fourth-order valence-electron chi connectivity index (χ4n) is 0.749. The van der Waals surface area contributed by atoms with E-state index in [9.17, 15) is 0 Å². The van der Waals surface area contributed by atoms with E-state index in [1.165, 1.54) is 23.5 Å². The van der Waals surface area contributed by atoms with Gasteiger partial charge in [0.2, 0.25) is 0 Å². The van der Waals surface area contributed by atoms with Crippen molar-refractivity contribution >= 4 is 34.5 Å².